The average Bonchev–Trinajstić information content (AvgIpc) is 2.73. The summed E-state index contributed by atoms with van der Waals surface area (Å²) in [7, 11) is -3.88. The summed E-state index contributed by atoms with van der Waals surface area (Å²) in [4.78, 5) is 12.9. The van der Waals surface area contributed by atoms with Crippen molar-refractivity contribution < 1.29 is 13.2 Å². The van der Waals surface area contributed by atoms with Crippen molar-refractivity contribution in [2.75, 3.05) is 16.2 Å². The minimum absolute atomic E-state index is 0.139. The highest BCUT2D eigenvalue weighted by molar-refractivity contribution is 7.92. The lowest BCUT2D eigenvalue weighted by atomic mass is 10.1. The molecule has 0 saturated carbocycles. The van der Waals surface area contributed by atoms with Crippen LogP contribution in [0, 0.1) is 0 Å². The highest BCUT2D eigenvalue weighted by Crippen LogP contribution is 2.23. The molecule has 1 N–H and O–H groups in total. The molecule has 0 saturated heterocycles. The summed E-state index contributed by atoms with van der Waals surface area (Å²) >= 11 is 0. The standard InChI is InChI=1S/C22H22N2O3S/c1-2-18-11-9-10-16-21(18)23-22(25)17-24(19-12-5-3-6-13-19)28(26,27)20-14-7-4-8-15-20/h3-16H,2,17H2,1H3,(H,23,25). The van der Waals surface area contributed by atoms with E-state index in [0.29, 0.717) is 11.4 Å². The van der Waals surface area contributed by atoms with Gasteiger partial charge in [0.15, 0.2) is 0 Å². The van der Waals surface area contributed by atoms with Crippen LogP contribution in [-0.2, 0) is 21.2 Å². The van der Waals surface area contributed by atoms with Crippen LogP contribution >= 0.6 is 0 Å². The Balaban J connectivity index is 1.91. The van der Waals surface area contributed by atoms with Crippen molar-refractivity contribution in [2.45, 2.75) is 18.2 Å². The van der Waals surface area contributed by atoms with E-state index in [1.165, 1.54) is 12.1 Å². The molecule has 3 aromatic carbocycles. The third-order valence-corrected chi connectivity index (χ3v) is 6.12. The Hall–Kier alpha value is -3.12. The summed E-state index contributed by atoms with van der Waals surface area (Å²) in [5.74, 6) is -0.399. The highest BCUT2D eigenvalue weighted by atomic mass is 32.2. The van der Waals surface area contributed by atoms with E-state index in [4.69, 9.17) is 0 Å². The number of hydrogen-bond donors (Lipinski definition) is 1. The van der Waals surface area contributed by atoms with Crippen LogP contribution in [0.2, 0.25) is 0 Å². The fraction of sp³-hybridized carbons (Fsp3) is 0.136. The van der Waals surface area contributed by atoms with Crippen LogP contribution in [0.1, 0.15) is 12.5 Å². The summed E-state index contributed by atoms with van der Waals surface area (Å²) in [6, 6.07) is 24.2. The fourth-order valence-corrected chi connectivity index (χ4v) is 4.34. The number of nitrogens with one attached hydrogen (secondary N) is 1. The Bertz CT molecular complexity index is 1040. The predicted octanol–water partition coefficient (Wildman–Crippen LogP) is 4.08. The van der Waals surface area contributed by atoms with Crippen molar-refractivity contribution in [3.05, 3.63) is 90.5 Å². The van der Waals surface area contributed by atoms with Gasteiger partial charge in [-0.3, -0.25) is 9.10 Å². The third kappa shape index (κ3) is 4.40. The van der Waals surface area contributed by atoms with E-state index in [1.54, 1.807) is 48.5 Å². The number of anilines is 2. The van der Waals surface area contributed by atoms with Crippen molar-refractivity contribution in [1.82, 2.24) is 0 Å². The number of hydrogen-bond acceptors (Lipinski definition) is 3. The van der Waals surface area contributed by atoms with E-state index in [-0.39, 0.29) is 11.4 Å². The molecule has 0 aromatic heterocycles. The first-order valence-corrected chi connectivity index (χ1v) is 10.5. The van der Waals surface area contributed by atoms with Gasteiger partial charge < -0.3 is 5.32 Å². The molecule has 0 fully saturated rings. The normalized spacial score (nSPS) is 11.0. The largest absolute Gasteiger partial charge is 0.324 e. The molecule has 0 aliphatic heterocycles. The van der Waals surface area contributed by atoms with Gasteiger partial charge in [-0.2, -0.15) is 0 Å². The second-order valence-electron chi connectivity index (χ2n) is 6.22. The Morgan fingerprint density at radius 3 is 2.07 bits per heavy atom. The number of sulfonamides is 1. The van der Waals surface area contributed by atoms with Gasteiger partial charge >= 0.3 is 0 Å². The molecule has 0 atom stereocenters. The van der Waals surface area contributed by atoms with Gasteiger partial charge in [-0.05, 0) is 42.3 Å². The van der Waals surface area contributed by atoms with E-state index in [9.17, 15) is 13.2 Å². The van der Waals surface area contributed by atoms with Gasteiger partial charge in [0.05, 0.1) is 10.6 Å². The predicted molar refractivity (Wildman–Crippen MR) is 112 cm³/mol. The molecular weight excluding hydrogens is 372 g/mol. The Kier molecular flexibility index (Phi) is 6.11. The van der Waals surface area contributed by atoms with Gasteiger partial charge in [0.2, 0.25) is 5.91 Å². The Morgan fingerprint density at radius 1 is 0.857 bits per heavy atom. The molecule has 0 aliphatic carbocycles. The Morgan fingerprint density at radius 2 is 1.43 bits per heavy atom. The second kappa shape index (κ2) is 8.71. The van der Waals surface area contributed by atoms with Crippen molar-refractivity contribution in [3.63, 3.8) is 0 Å². The molecule has 1 amide bonds. The molecule has 0 heterocycles. The number of nitrogens with zero attached hydrogens (tertiary/aromatic N) is 1. The summed E-state index contributed by atoms with van der Waals surface area (Å²) in [5.41, 5.74) is 2.12. The quantitative estimate of drug-likeness (QED) is 0.657. The van der Waals surface area contributed by atoms with Crippen LogP contribution in [0.4, 0.5) is 11.4 Å². The maximum Gasteiger partial charge on any atom is 0.264 e. The lowest BCUT2D eigenvalue weighted by molar-refractivity contribution is -0.114. The number of amides is 1. The van der Waals surface area contributed by atoms with Gasteiger partial charge in [-0.15, -0.1) is 0 Å². The molecule has 5 nitrogen and oxygen atoms in total. The van der Waals surface area contributed by atoms with Crippen LogP contribution < -0.4 is 9.62 Å². The lowest BCUT2D eigenvalue weighted by Gasteiger charge is -2.24. The summed E-state index contributed by atoms with van der Waals surface area (Å²) < 4.78 is 27.5. The van der Waals surface area contributed by atoms with E-state index < -0.39 is 15.9 Å². The molecule has 144 valence electrons. The van der Waals surface area contributed by atoms with Gasteiger partial charge in [0.25, 0.3) is 10.0 Å². The van der Waals surface area contributed by atoms with Crippen LogP contribution in [0.3, 0.4) is 0 Å². The maximum atomic E-state index is 13.2. The molecule has 0 bridgehead atoms. The smallest absolute Gasteiger partial charge is 0.264 e. The number of para-hydroxylation sites is 2. The van der Waals surface area contributed by atoms with Crippen LogP contribution in [0.15, 0.2) is 89.8 Å². The number of carbonyl (C=O) groups excluding carboxylic acids is 1. The van der Waals surface area contributed by atoms with Gasteiger partial charge in [0, 0.05) is 5.69 Å². The van der Waals surface area contributed by atoms with Gasteiger partial charge in [-0.25, -0.2) is 8.42 Å². The number of aryl methyl sites for hydroxylation is 1. The minimum Gasteiger partial charge on any atom is -0.324 e. The monoisotopic (exact) mass is 394 g/mol. The SMILES string of the molecule is CCc1ccccc1NC(=O)CN(c1ccccc1)S(=O)(=O)c1ccccc1. The molecule has 0 radical (unpaired) electrons. The van der Waals surface area contributed by atoms with Crippen molar-refractivity contribution in [1.29, 1.82) is 0 Å². The topological polar surface area (TPSA) is 66.5 Å². The maximum absolute atomic E-state index is 13.2. The molecule has 0 aliphatic rings. The van der Waals surface area contributed by atoms with E-state index >= 15 is 0 Å². The first-order chi connectivity index (χ1) is 13.5. The number of benzene rings is 3. The van der Waals surface area contributed by atoms with Crippen LogP contribution in [0.5, 0.6) is 0 Å². The second-order valence-corrected chi connectivity index (χ2v) is 8.08. The first kappa shape index (κ1) is 19.6. The summed E-state index contributed by atoms with van der Waals surface area (Å²) in [5, 5.41) is 2.84. The van der Waals surface area contributed by atoms with Crippen molar-refractivity contribution >= 4 is 27.3 Å². The first-order valence-electron chi connectivity index (χ1n) is 9.03. The molecule has 6 heteroatoms. The van der Waals surface area contributed by atoms with E-state index in [2.05, 4.69) is 5.32 Å². The molecule has 3 aromatic rings. The number of rotatable bonds is 7. The zero-order valence-corrected chi connectivity index (χ0v) is 16.4. The minimum atomic E-state index is -3.88. The molecule has 28 heavy (non-hydrogen) atoms. The highest BCUT2D eigenvalue weighted by Gasteiger charge is 2.27. The molecule has 3 rings (SSSR count). The summed E-state index contributed by atoms with van der Waals surface area (Å²) in [6.07, 6.45) is 0.765. The third-order valence-electron chi connectivity index (χ3n) is 4.33. The molecule has 0 spiro atoms. The molecular formula is C22H22N2O3S. The summed E-state index contributed by atoms with van der Waals surface area (Å²) in [6.45, 7) is 1.68. The van der Waals surface area contributed by atoms with Gasteiger partial charge in [-0.1, -0.05) is 61.5 Å². The van der Waals surface area contributed by atoms with E-state index in [1.807, 2.05) is 31.2 Å². The van der Waals surface area contributed by atoms with Crippen LogP contribution in [0.25, 0.3) is 0 Å². The zero-order chi connectivity index (χ0) is 20.0. The average molecular weight is 394 g/mol. The van der Waals surface area contributed by atoms with Crippen molar-refractivity contribution in [3.8, 4) is 0 Å². The zero-order valence-electron chi connectivity index (χ0n) is 15.6. The number of carbonyl (C=O) groups is 1. The fourth-order valence-electron chi connectivity index (χ4n) is 2.90. The van der Waals surface area contributed by atoms with Crippen molar-refractivity contribution in [2.24, 2.45) is 0 Å². The lowest BCUT2D eigenvalue weighted by Crippen LogP contribution is -2.38. The van der Waals surface area contributed by atoms with E-state index in [0.717, 1.165) is 16.3 Å². The van der Waals surface area contributed by atoms with Gasteiger partial charge in [0.1, 0.15) is 6.54 Å². The van der Waals surface area contributed by atoms with Crippen LogP contribution in [-0.4, -0.2) is 20.9 Å². The molecule has 0 unspecified atom stereocenters. The Labute approximate surface area is 165 Å².